The zero-order chi connectivity index (χ0) is 8.43. The van der Waals surface area contributed by atoms with Crippen molar-refractivity contribution in [2.75, 3.05) is 0 Å². The van der Waals surface area contributed by atoms with Crippen LogP contribution in [0.1, 0.15) is 5.56 Å². The first-order chi connectivity index (χ1) is 5.15. The van der Waals surface area contributed by atoms with E-state index in [9.17, 15) is 8.78 Å². The first-order valence-corrected chi connectivity index (χ1v) is 3.67. The van der Waals surface area contributed by atoms with Gasteiger partial charge in [-0.1, -0.05) is 0 Å². The zero-order valence-electron chi connectivity index (χ0n) is 5.44. The lowest BCUT2D eigenvalue weighted by atomic mass is 10.2. The largest absolute Gasteiger partial charge is 0.506 e. The minimum absolute atomic E-state index is 0.0446. The van der Waals surface area contributed by atoms with Crippen LogP contribution in [0.2, 0.25) is 0 Å². The van der Waals surface area contributed by atoms with Crippen molar-refractivity contribution >= 4 is 15.9 Å². The van der Waals surface area contributed by atoms with E-state index < -0.39 is 12.5 Å². The van der Waals surface area contributed by atoms with Crippen LogP contribution in [-0.2, 0) is 6.67 Å². The second-order valence-corrected chi connectivity index (χ2v) is 2.88. The van der Waals surface area contributed by atoms with Crippen molar-refractivity contribution < 1.29 is 13.9 Å². The molecule has 0 amide bonds. The van der Waals surface area contributed by atoms with Gasteiger partial charge in [-0.15, -0.1) is 0 Å². The standard InChI is InChI=1S/C7H5BrF2O/c8-6-2-5(10)1-4(3-9)7(6)11/h1-2,11H,3H2. The van der Waals surface area contributed by atoms with Crippen LogP contribution >= 0.6 is 15.9 Å². The number of rotatable bonds is 1. The Labute approximate surface area is 70.8 Å². The van der Waals surface area contributed by atoms with Crippen LogP contribution in [0, 0.1) is 5.82 Å². The predicted octanol–water partition coefficient (Wildman–Crippen LogP) is 2.76. The van der Waals surface area contributed by atoms with Gasteiger partial charge < -0.3 is 5.11 Å². The number of aromatic hydroxyl groups is 1. The third-order valence-electron chi connectivity index (χ3n) is 1.25. The summed E-state index contributed by atoms with van der Waals surface area (Å²) in [6.45, 7) is -0.873. The molecule has 1 aromatic rings. The molecule has 0 unspecified atom stereocenters. The van der Waals surface area contributed by atoms with E-state index >= 15 is 0 Å². The van der Waals surface area contributed by atoms with Crippen LogP contribution < -0.4 is 0 Å². The molecule has 0 saturated carbocycles. The summed E-state index contributed by atoms with van der Waals surface area (Å²) in [6, 6.07) is 2.04. The molecule has 4 heteroatoms. The molecule has 0 spiro atoms. The quantitative estimate of drug-likeness (QED) is 0.775. The molecular formula is C7H5BrF2O. The van der Waals surface area contributed by atoms with Crippen molar-refractivity contribution in [1.82, 2.24) is 0 Å². The van der Waals surface area contributed by atoms with Crippen LogP contribution in [0.5, 0.6) is 5.75 Å². The van der Waals surface area contributed by atoms with E-state index in [-0.39, 0.29) is 15.8 Å². The van der Waals surface area contributed by atoms with Gasteiger partial charge in [0.05, 0.1) is 4.47 Å². The van der Waals surface area contributed by atoms with E-state index in [0.717, 1.165) is 12.1 Å². The summed E-state index contributed by atoms with van der Waals surface area (Å²) in [4.78, 5) is 0. The van der Waals surface area contributed by atoms with Crippen LogP contribution in [0.15, 0.2) is 16.6 Å². The summed E-state index contributed by atoms with van der Waals surface area (Å²) in [5.41, 5.74) is -0.0446. The smallest absolute Gasteiger partial charge is 0.135 e. The Hall–Kier alpha value is -0.640. The molecule has 0 aliphatic carbocycles. The fraction of sp³-hybridized carbons (Fsp3) is 0.143. The van der Waals surface area contributed by atoms with Crippen molar-refractivity contribution in [2.45, 2.75) is 6.67 Å². The van der Waals surface area contributed by atoms with E-state index in [1.807, 2.05) is 0 Å². The van der Waals surface area contributed by atoms with Crippen molar-refractivity contribution in [3.8, 4) is 5.75 Å². The fourth-order valence-electron chi connectivity index (χ4n) is 0.721. The summed E-state index contributed by atoms with van der Waals surface area (Å²) < 4.78 is 24.7. The summed E-state index contributed by atoms with van der Waals surface area (Å²) in [7, 11) is 0. The Morgan fingerprint density at radius 1 is 1.45 bits per heavy atom. The SMILES string of the molecule is Oc1c(Br)cc(F)cc1CF. The normalized spacial score (nSPS) is 10.1. The van der Waals surface area contributed by atoms with E-state index in [1.165, 1.54) is 0 Å². The van der Waals surface area contributed by atoms with Gasteiger partial charge in [-0.25, -0.2) is 8.78 Å². The van der Waals surface area contributed by atoms with Crippen molar-refractivity contribution in [2.24, 2.45) is 0 Å². The number of phenolic OH excluding ortho intramolecular Hbond substituents is 1. The van der Waals surface area contributed by atoms with Gasteiger partial charge in [0.15, 0.2) is 0 Å². The maximum atomic E-state index is 12.5. The molecule has 60 valence electrons. The predicted molar refractivity (Wildman–Crippen MR) is 40.6 cm³/mol. The van der Waals surface area contributed by atoms with E-state index in [1.54, 1.807) is 0 Å². The molecule has 1 N–H and O–H groups in total. The van der Waals surface area contributed by atoms with Gasteiger partial charge in [-0.3, -0.25) is 0 Å². The van der Waals surface area contributed by atoms with Crippen LogP contribution in [0.4, 0.5) is 8.78 Å². The molecule has 0 saturated heterocycles. The zero-order valence-corrected chi connectivity index (χ0v) is 7.03. The molecule has 0 atom stereocenters. The molecule has 0 aromatic heterocycles. The van der Waals surface area contributed by atoms with Gasteiger partial charge in [0.25, 0.3) is 0 Å². The lowest BCUT2D eigenvalue weighted by Gasteiger charge is -2.01. The third kappa shape index (κ3) is 1.68. The molecule has 0 heterocycles. The maximum Gasteiger partial charge on any atom is 0.135 e. The molecule has 0 radical (unpaired) electrons. The molecule has 11 heavy (non-hydrogen) atoms. The van der Waals surface area contributed by atoms with Gasteiger partial charge in [0.1, 0.15) is 18.2 Å². The number of hydrogen-bond acceptors (Lipinski definition) is 1. The van der Waals surface area contributed by atoms with Gasteiger partial charge in [-0.05, 0) is 28.1 Å². The summed E-state index contributed by atoms with van der Waals surface area (Å²) in [5.74, 6) is -0.809. The highest BCUT2D eigenvalue weighted by Crippen LogP contribution is 2.29. The molecule has 0 aliphatic rings. The second kappa shape index (κ2) is 3.17. The number of phenols is 1. The average Bonchev–Trinajstić information content (AvgIpc) is 1.96. The van der Waals surface area contributed by atoms with Crippen molar-refractivity contribution in [3.63, 3.8) is 0 Å². The van der Waals surface area contributed by atoms with Crippen molar-refractivity contribution in [3.05, 3.63) is 28.0 Å². The Balaban J connectivity index is 3.24. The van der Waals surface area contributed by atoms with Crippen molar-refractivity contribution in [1.29, 1.82) is 0 Å². The lowest BCUT2D eigenvalue weighted by molar-refractivity contribution is 0.427. The Kier molecular flexibility index (Phi) is 2.44. The van der Waals surface area contributed by atoms with Crippen LogP contribution in [0.25, 0.3) is 0 Å². The maximum absolute atomic E-state index is 12.5. The molecular weight excluding hydrogens is 218 g/mol. The molecule has 1 aromatic carbocycles. The summed E-state index contributed by atoms with van der Waals surface area (Å²) in [5, 5.41) is 9.07. The van der Waals surface area contributed by atoms with E-state index in [0.29, 0.717) is 0 Å². The Bertz CT molecular complexity index is 275. The highest BCUT2D eigenvalue weighted by molar-refractivity contribution is 9.10. The molecule has 1 rings (SSSR count). The number of benzene rings is 1. The summed E-state index contributed by atoms with van der Waals surface area (Å²) in [6.07, 6.45) is 0. The first kappa shape index (κ1) is 8.46. The topological polar surface area (TPSA) is 20.2 Å². The number of alkyl halides is 1. The molecule has 0 bridgehead atoms. The minimum Gasteiger partial charge on any atom is -0.506 e. The molecule has 0 fully saturated rings. The third-order valence-corrected chi connectivity index (χ3v) is 1.86. The van der Waals surface area contributed by atoms with Gasteiger partial charge in [0, 0.05) is 5.56 Å². The van der Waals surface area contributed by atoms with Gasteiger partial charge >= 0.3 is 0 Å². The second-order valence-electron chi connectivity index (χ2n) is 2.03. The number of halogens is 3. The highest BCUT2D eigenvalue weighted by Gasteiger charge is 2.06. The molecule has 0 aliphatic heterocycles. The van der Waals surface area contributed by atoms with E-state index in [4.69, 9.17) is 5.11 Å². The Morgan fingerprint density at radius 2 is 2.09 bits per heavy atom. The minimum atomic E-state index is -0.873. The monoisotopic (exact) mass is 222 g/mol. The van der Waals surface area contributed by atoms with Gasteiger partial charge in [0.2, 0.25) is 0 Å². The first-order valence-electron chi connectivity index (χ1n) is 2.88. The van der Waals surface area contributed by atoms with E-state index in [2.05, 4.69) is 15.9 Å². The molecule has 1 nitrogen and oxygen atoms in total. The van der Waals surface area contributed by atoms with Gasteiger partial charge in [-0.2, -0.15) is 0 Å². The average molecular weight is 223 g/mol. The fourth-order valence-corrected chi connectivity index (χ4v) is 1.19. The Morgan fingerprint density at radius 3 is 2.64 bits per heavy atom. The lowest BCUT2D eigenvalue weighted by Crippen LogP contribution is -1.84. The summed E-state index contributed by atoms with van der Waals surface area (Å²) >= 11 is 2.88. The highest BCUT2D eigenvalue weighted by atomic mass is 79.9. The van der Waals surface area contributed by atoms with Crippen LogP contribution in [0.3, 0.4) is 0 Å². The number of hydrogen-bond donors (Lipinski definition) is 1. The van der Waals surface area contributed by atoms with Crippen LogP contribution in [-0.4, -0.2) is 5.11 Å².